The Morgan fingerprint density at radius 3 is 2.74 bits per heavy atom. The van der Waals surface area contributed by atoms with Crippen molar-refractivity contribution in [3.63, 3.8) is 0 Å². The highest BCUT2D eigenvalue weighted by Gasteiger charge is 2.02. The fraction of sp³-hybridized carbons (Fsp3) is 0.588. The van der Waals surface area contributed by atoms with Crippen LogP contribution in [0, 0.1) is 11.3 Å². The summed E-state index contributed by atoms with van der Waals surface area (Å²) < 4.78 is 0. The lowest BCUT2D eigenvalue weighted by Crippen LogP contribution is -2.25. The molecular formula is C17H26N2. The Morgan fingerprint density at radius 1 is 1.21 bits per heavy atom. The number of nitriles is 1. The minimum Gasteiger partial charge on any atom is -0.310 e. The van der Waals surface area contributed by atoms with Crippen LogP contribution in [-0.2, 0) is 6.54 Å². The van der Waals surface area contributed by atoms with Crippen molar-refractivity contribution in [2.75, 3.05) is 0 Å². The van der Waals surface area contributed by atoms with Crippen molar-refractivity contribution in [3.05, 3.63) is 35.4 Å². The SMILES string of the molecule is CCCCCCCC(C)NCc1cccc(C#N)c1. The van der Waals surface area contributed by atoms with Crippen LogP contribution in [0.2, 0.25) is 0 Å². The van der Waals surface area contributed by atoms with Gasteiger partial charge in [0, 0.05) is 12.6 Å². The molecule has 104 valence electrons. The van der Waals surface area contributed by atoms with Gasteiger partial charge in [-0.1, -0.05) is 51.2 Å². The van der Waals surface area contributed by atoms with Gasteiger partial charge in [0.25, 0.3) is 0 Å². The Hall–Kier alpha value is -1.33. The Labute approximate surface area is 117 Å². The maximum atomic E-state index is 8.86. The molecule has 0 aliphatic carbocycles. The van der Waals surface area contributed by atoms with Gasteiger partial charge < -0.3 is 5.32 Å². The highest BCUT2D eigenvalue weighted by Crippen LogP contribution is 2.08. The van der Waals surface area contributed by atoms with Crippen LogP contribution in [0.3, 0.4) is 0 Å². The first-order valence-electron chi connectivity index (χ1n) is 7.48. The van der Waals surface area contributed by atoms with E-state index in [4.69, 9.17) is 5.26 Å². The van der Waals surface area contributed by atoms with Gasteiger partial charge in [0.15, 0.2) is 0 Å². The van der Waals surface area contributed by atoms with Gasteiger partial charge in [-0.3, -0.25) is 0 Å². The molecule has 0 heterocycles. The zero-order valence-electron chi connectivity index (χ0n) is 12.3. The molecule has 0 aliphatic heterocycles. The lowest BCUT2D eigenvalue weighted by Gasteiger charge is -2.13. The van der Waals surface area contributed by atoms with Crippen LogP contribution < -0.4 is 5.32 Å². The molecule has 1 aromatic carbocycles. The summed E-state index contributed by atoms with van der Waals surface area (Å²) in [4.78, 5) is 0. The second-order valence-electron chi connectivity index (χ2n) is 5.30. The van der Waals surface area contributed by atoms with Gasteiger partial charge in [-0.15, -0.1) is 0 Å². The predicted molar refractivity (Wildman–Crippen MR) is 80.8 cm³/mol. The third kappa shape index (κ3) is 6.98. The van der Waals surface area contributed by atoms with Crippen molar-refractivity contribution in [1.29, 1.82) is 5.26 Å². The third-order valence-electron chi connectivity index (χ3n) is 3.45. The van der Waals surface area contributed by atoms with Crippen molar-refractivity contribution in [1.82, 2.24) is 5.32 Å². The van der Waals surface area contributed by atoms with E-state index < -0.39 is 0 Å². The van der Waals surface area contributed by atoms with Crippen LogP contribution >= 0.6 is 0 Å². The Kier molecular flexibility index (Phi) is 7.93. The van der Waals surface area contributed by atoms with Crippen LogP contribution in [0.15, 0.2) is 24.3 Å². The number of nitrogens with one attached hydrogen (secondary N) is 1. The summed E-state index contributed by atoms with van der Waals surface area (Å²) in [6.45, 7) is 5.35. The van der Waals surface area contributed by atoms with E-state index in [9.17, 15) is 0 Å². The molecular weight excluding hydrogens is 232 g/mol. The van der Waals surface area contributed by atoms with Gasteiger partial charge in [-0.05, 0) is 31.0 Å². The normalized spacial score (nSPS) is 12.1. The number of unbranched alkanes of at least 4 members (excludes halogenated alkanes) is 4. The van der Waals surface area contributed by atoms with Crippen LogP contribution in [0.1, 0.15) is 63.5 Å². The van der Waals surface area contributed by atoms with Crippen molar-refractivity contribution < 1.29 is 0 Å². The molecule has 0 aromatic heterocycles. The number of hydrogen-bond donors (Lipinski definition) is 1. The molecule has 0 saturated heterocycles. The standard InChI is InChI=1S/C17H26N2/c1-3-4-5-6-7-9-15(2)19-14-17-11-8-10-16(12-17)13-18/h8,10-12,15,19H,3-7,9,14H2,1-2H3. The van der Waals surface area contributed by atoms with Crippen molar-refractivity contribution in [2.45, 2.75) is 65.0 Å². The monoisotopic (exact) mass is 258 g/mol. The third-order valence-corrected chi connectivity index (χ3v) is 3.45. The topological polar surface area (TPSA) is 35.8 Å². The summed E-state index contributed by atoms with van der Waals surface area (Å²) in [7, 11) is 0. The lowest BCUT2D eigenvalue weighted by molar-refractivity contribution is 0.480. The maximum Gasteiger partial charge on any atom is 0.0991 e. The lowest BCUT2D eigenvalue weighted by atomic mass is 10.1. The van der Waals surface area contributed by atoms with Crippen LogP contribution in [0.25, 0.3) is 0 Å². The summed E-state index contributed by atoms with van der Waals surface area (Å²) in [6, 6.07) is 10.6. The average molecular weight is 258 g/mol. The molecule has 0 fully saturated rings. The first kappa shape index (κ1) is 15.7. The van der Waals surface area contributed by atoms with E-state index in [0.717, 1.165) is 12.1 Å². The Balaban J connectivity index is 2.18. The molecule has 19 heavy (non-hydrogen) atoms. The first-order chi connectivity index (χ1) is 9.26. The van der Waals surface area contributed by atoms with Gasteiger partial charge in [0.05, 0.1) is 11.6 Å². The molecule has 1 N–H and O–H groups in total. The van der Waals surface area contributed by atoms with E-state index in [1.165, 1.54) is 44.1 Å². The molecule has 1 unspecified atom stereocenters. The highest BCUT2D eigenvalue weighted by molar-refractivity contribution is 5.32. The minimum atomic E-state index is 0.548. The van der Waals surface area contributed by atoms with Gasteiger partial charge in [-0.25, -0.2) is 0 Å². The van der Waals surface area contributed by atoms with E-state index in [1.54, 1.807) is 0 Å². The minimum absolute atomic E-state index is 0.548. The number of benzene rings is 1. The molecule has 0 spiro atoms. The molecule has 0 amide bonds. The molecule has 0 bridgehead atoms. The summed E-state index contributed by atoms with van der Waals surface area (Å²) in [5.41, 5.74) is 1.93. The van der Waals surface area contributed by atoms with E-state index in [-0.39, 0.29) is 0 Å². The molecule has 0 radical (unpaired) electrons. The first-order valence-corrected chi connectivity index (χ1v) is 7.48. The van der Waals surface area contributed by atoms with Gasteiger partial charge in [0.1, 0.15) is 0 Å². The smallest absolute Gasteiger partial charge is 0.0991 e. The van der Waals surface area contributed by atoms with Crippen molar-refractivity contribution >= 4 is 0 Å². The zero-order valence-corrected chi connectivity index (χ0v) is 12.3. The van der Waals surface area contributed by atoms with Gasteiger partial charge in [-0.2, -0.15) is 5.26 Å². The largest absolute Gasteiger partial charge is 0.310 e. The molecule has 1 aromatic rings. The highest BCUT2D eigenvalue weighted by atomic mass is 14.9. The van der Waals surface area contributed by atoms with Crippen LogP contribution in [-0.4, -0.2) is 6.04 Å². The Bertz CT molecular complexity index is 392. The van der Waals surface area contributed by atoms with Gasteiger partial charge in [0.2, 0.25) is 0 Å². The molecule has 2 nitrogen and oxygen atoms in total. The number of rotatable bonds is 9. The Morgan fingerprint density at radius 2 is 2.00 bits per heavy atom. The van der Waals surface area contributed by atoms with E-state index in [0.29, 0.717) is 6.04 Å². The average Bonchev–Trinajstić information content (AvgIpc) is 2.45. The summed E-state index contributed by atoms with van der Waals surface area (Å²) >= 11 is 0. The second kappa shape index (κ2) is 9.58. The molecule has 1 rings (SSSR count). The fourth-order valence-electron chi connectivity index (χ4n) is 2.20. The van der Waals surface area contributed by atoms with E-state index in [2.05, 4.69) is 31.3 Å². The van der Waals surface area contributed by atoms with Crippen LogP contribution in [0.4, 0.5) is 0 Å². The zero-order chi connectivity index (χ0) is 13.9. The van der Waals surface area contributed by atoms with Crippen molar-refractivity contribution in [2.24, 2.45) is 0 Å². The molecule has 2 heteroatoms. The van der Waals surface area contributed by atoms with Crippen molar-refractivity contribution in [3.8, 4) is 6.07 Å². The van der Waals surface area contributed by atoms with Crippen LogP contribution in [0.5, 0.6) is 0 Å². The quantitative estimate of drug-likeness (QED) is 0.666. The maximum absolute atomic E-state index is 8.86. The fourth-order valence-corrected chi connectivity index (χ4v) is 2.20. The summed E-state index contributed by atoms with van der Waals surface area (Å²) in [6.07, 6.45) is 7.94. The summed E-state index contributed by atoms with van der Waals surface area (Å²) in [5, 5.41) is 12.4. The second-order valence-corrected chi connectivity index (χ2v) is 5.30. The molecule has 0 aliphatic rings. The van der Waals surface area contributed by atoms with E-state index >= 15 is 0 Å². The molecule has 1 atom stereocenters. The number of nitrogens with zero attached hydrogens (tertiary/aromatic N) is 1. The predicted octanol–water partition coefficient (Wildman–Crippen LogP) is 4.40. The molecule has 0 saturated carbocycles. The van der Waals surface area contributed by atoms with Gasteiger partial charge >= 0.3 is 0 Å². The van der Waals surface area contributed by atoms with E-state index in [1.807, 2.05) is 18.2 Å². The summed E-state index contributed by atoms with van der Waals surface area (Å²) in [5.74, 6) is 0. The number of hydrogen-bond acceptors (Lipinski definition) is 2.